The Hall–Kier alpha value is -3.94. The van der Waals surface area contributed by atoms with Crippen molar-refractivity contribution >= 4 is 39.1 Å². The van der Waals surface area contributed by atoms with E-state index in [0.717, 1.165) is 10.6 Å². The summed E-state index contributed by atoms with van der Waals surface area (Å²) in [5, 5.41) is 5.35. The molecule has 3 aromatic rings. The van der Waals surface area contributed by atoms with E-state index in [0.29, 0.717) is 23.1 Å². The first-order chi connectivity index (χ1) is 15.8. The fraction of sp³-hybridized carbons (Fsp3) is 0.200. The van der Waals surface area contributed by atoms with Gasteiger partial charge in [0.25, 0.3) is 5.91 Å². The summed E-state index contributed by atoms with van der Waals surface area (Å²) in [5.74, 6) is -1.35. The highest BCUT2D eigenvalue weighted by Gasteiger charge is 2.35. The number of halogens is 3. The molecule has 0 saturated carbocycles. The minimum atomic E-state index is -4.72. The van der Waals surface area contributed by atoms with E-state index < -0.39 is 33.5 Å². The fourth-order valence-electron chi connectivity index (χ4n) is 2.77. The lowest BCUT2D eigenvalue weighted by atomic mass is 10.2. The van der Waals surface area contributed by atoms with Gasteiger partial charge < -0.3 is 16.4 Å². The summed E-state index contributed by atoms with van der Waals surface area (Å²) in [4.78, 5) is 22.6. The zero-order chi connectivity index (χ0) is 25.1. The van der Waals surface area contributed by atoms with E-state index in [4.69, 9.17) is 5.73 Å². The maximum absolute atomic E-state index is 13.5. The smallest absolute Gasteiger partial charge is 0.365 e. The van der Waals surface area contributed by atoms with Crippen molar-refractivity contribution in [2.45, 2.75) is 12.7 Å². The van der Waals surface area contributed by atoms with E-state index in [1.807, 2.05) is 0 Å². The van der Waals surface area contributed by atoms with Gasteiger partial charge in [0.1, 0.15) is 17.1 Å². The van der Waals surface area contributed by atoms with Gasteiger partial charge in [0.05, 0.1) is 23.8 Å². The lowest BCUT2D eigenvalue weighted by Crippen LogP contribution is -2.24. The topological polar surface area (TPSA) is 143 Å². The number of primary amides is 1. The molecular formula is C20H20F3N7O3S. The van der Waals surface area contributed by atoms with E-state index in [1.54, 1.807) is 18.2 Å². The van der Waals surface area contributed by atoms with Crippen LogP contribution in [0.3, 0.4) is 0 Å². The van der Waals surface area contributed by atoms with Crippen molar-refractivity contribution in [2.75, 3.05) is 28.2 Å². The highest BCUT2D eigenvalue weighted by molar-refractivity contribution is 7.92. The first kappa shape index (κ1) is 24.7. The molecule has 2 aromatic heterocycles. The van der Waals surface area contributed by atoms with Crippen LogP contribution >= 0.6 is 0 Å². The molecule has 3 rings (SSSR count). The van der Waals surface area contributed by atoms with Crippen LogP contribution in [0.25, 0.3) is 0 Å². The van der Waals surface area contributed by atoms with Crippen molar-refractivity contribution in [3.05, 3.63) is 65.6 Å². The molecule has 0 spiro atoms. The van der Waals surface area contributed by atoms with Gasteiger partial charge in [0.15, 0.2) is 0 Å². The van der Waals surface area contributed by atoms with E-state index in [-0.39, 0.29) is 18.2 Å². The number of nitrogens with two attached hydrogens (primary N) is 1. The van der Waals surface area contributed by atoms with Crippen LogP contribution in [-0.2, 0) is 22.7 Å². The number of nitrogens with zero attached hydrogens (tertiary/aromatic N) is 4. The summed E-state index contributed by atoms with van der Waals surface area (Å²) < 4.78 is 65.0. The fourth-order valence-corrected chi connectivity index (χ4v) is 3.26. The minimum Gasteiger partial charge on any atom is -0.365 e. The maximum atomic E-state index is 13.5. The Balaban J connectivity index is 1.84. The Morgan fingerprint density at radius 1 is 1.15 bits per heavy atom. The Bertz CT molecular complexity index is 1300. The predicted octanol–water partition coefficient (Wildman–Crippen LogP) is 2.74. The summed E-state index contributed by atoms with van der Waals surface area (Å²) >= 11 is 0. The van der Waals surface area contributed by atoms with Crippen LogP contribution in [0.1, 0.15) is 21.6 Å². The monoisotopic (exact) mass is 495 g/mol. The lowest BCUT2D eigenvalue weighted by Gasteiger charge is -2.18. The normalized spacial score (nSPS) is 11.7. The number of alkyl halides is 3. The van der Waals surface area contributed by atoms with Gasteiger partial charge in [-0.3, -0.25) is 9.10 Å². The SMILES string of the molecule is CN(c1cccc(CNc2nc(Nc3ccc(C(N)=O)nc3)ncc2C(F)(F)F)c1)S(C)(=O)=O. The minimum absolute atomic E-state index is 0.0185. The second-order valence-electron chi connectivity index (χ2n) is 7.13. The van der Waals surface area contributed by atoms with Crippen LogP contribution in [-0.4, -0.2) is 42.6 Å². The lowest BCUT2D eigenvalue weighted by molar-refractivity contribution is -0.137. The Morgan fingerprint density at radius 2 is 1.88 bits per heavy atom. The molecule has 0 atom stereocenters. The summed E-state index contributed by atoms with van der Waals surface area (Å²) in [5.41, 5.74) is 5.28. The van der Waals surface area contributed by atoms with Gasteiger partial charge in [0, 0.05) is 19.8 Å². The molecule has 0 radical (unpaired) electrons. The number of carbonyl (C=O) groups is 1. The number of hydrogen-bond donors (Lipinski definition) is 3. The van der Waals surface area contributed by atoms with Crippen LogP contribution in [0.5, 0.6) is 0 Å². The number of rotatable bonds is 8. The Labute approximate surface area is 193 Å². The largest absolute Gasteiger partial charge is 0.421 e. The first-order valence-corrected chi connectivity index (χ1v) is 11.4. The van der Waals surface area contributed by atoms with Crippen molar-refractivity contribution in [3.8, 4) is 0 Å². The van der Waals surface area contributed by atoms with Gasteiger partial charge >= 0.3 is 6.18 Å². The molecule has 0 fully saturated rings. The van der Waals surface area contributed by atoms with Crippen molar-refractivity contribution in [1.29, 1.82) is 0 Å². The first-order valence-electron chi connectivity index (χ1n) is 9.58. The van der Waals surface area contributed by atoms with Crippen LogP contribution in [0, 0.1) is 0 Å². The number of nitrogens with one attached hydrogen (secondary N) is 2. The van der Waals surface area contributed by atoms with Crippen molar-refractivity contribution in [1.82, 2.24) is 15.0 Å². The number of carbonyl (C=O) groups excluding carboxylic acids is 1. The maximum Gasteiger partial charge on any atom is 0.421 e. The molecule has 0 saturated heterocycles. The molecule has 0 aliphatic heterocycles. The molecular weight excluding hydrogens is 475 g/mol. The summed E-state index contributed by atoms with van der Waals surface area (Å²) in [6.45, 7) is -0.0696. The highest BCUT2D eigenvalue weighted by atomic mass is 32.2. The number of sulfonamides is 1. The molecule has 1 aromatic carbocycles. The van der Waals surface area contributed by atoms with E-state index in [1.165, 1.54) is 31.4 Å². The third-order valence-corrected chi connectivity index (χ3v) is 5.80. The number of aromatic nitrogens is 3. The second-order valence-corrected chi connectivity index (χ2v) is 9.14. The second kappa shape index (κ2) is 9.51. The molecule has 180 valence electrons. The van der Waals surface area contributed by atoms with Gasteiger partial charge in [0.2, 0.25) is 16.0 Å². The van der Waals surface area contributed by atoms with Gasteiger partial charge in [-0.15, -0.1) is 0 Å². The summed E-state index contributed by atoms with van der Waals surface area (Å²) in [6.07, 6.45) is -1.78. The van der Waals surface area contributed by atoms with Gasteiger partial charge in [-0.05, 0) is 29.8 Å². The van der Waals surface area contributed by atoms with Crippen molar-refractivity contribution in [3.63, 3.8) is 0 Å². The van der Waals surface area contributed by atoms with E-state index >= 15 is 0 Å². The Morgan fingerprint density at radius 3 is 2.47 bits per heavy atom. The standard InChI is InChI=1S/C20H20F3N7O3S/c1-30(34(2,32)33)14-5-3-4-12(8-14)9-26-18-15(20(21,22)23)11-27-19(29-18)28-13-6-7-16(17(24)31)25-10-13/h3-8,10-11H,9H2,1-2H3,(H2,24,31)(H2,26,27,28,29). The molecule has 4 N–H and O–H groups in total. The zero-order valence-electron chi connectivity index (χ0n) is 18.0. The molecule has 0 aliphatic carbocycles. The zero-order valence-corrected chi connectivity index (χ0v) is 18.8. The summed E-state index contributed by atoms with van der Waals surface area (Å²) in [7, 11) is -2.13. The molecule has 0 bridgehead atoms. The van der Waals surface area contributed by atoms with Crippen LogP contribution in [0.2, 0.25) is 0 Å². The molecule has 1 amide bonds. The van der Waals surface area contributed by atoms with Crippen LogP contribution in [0.15, 0.2) is 48.8 Å². The average Bonchev–Trinajstić information content (AvgIpc) is 2.76. The number of amides is 1. The van der Waals surface area contributed by atoms with Crippen LogP contribution < -0.4 is 20.7 Å². The van der Waals surface area contributed by atoms with Gasteiger partial charge in [-0.1, -0.05) is 12.1 Å². The highest BCUT2D eigenvalue weighted by Crippen LogP contribution is 2.34. The number of anilines is 4. The quantitative estimate of drug-likeness (QED) is 0.433. The van der Waals surface area contributed by atoms with Crippen LogP contribution in [0.4, 0.5) is 36.3 Å². The molecule has 2 heterocycles. The van der Waals surface area contributed by atoms with Crippen molar-refractivity contribution < 1.29 is 26.4 Å². The number of hydrogen-bond acceptors (Lipinski definition) is 8. The molecule has 34 heavy (non-hydrogen) atoms. The molecule has 10 nitrogen and oxygen atoms in total. The predicted molar refractivity (Wildman–Crippen MR) is 120 cm³/mol. The molecule has 0 aliphatic rings. The number of pyridine rings is 1. The Kier molecular flexibility index (Phi) is 6.91. The summed E-state index contributed by atoms with van der Waals surface area (Å²) in [6, 6.07) is 9.11. The third-order valence-electron chi connectivity index (χ3n) is 4.60. The van der Waals surface area contributed by atoms with E-state index in [9.17, 15) is 26.4 Å². The number of benzene rings is 1. The molecule has 14 heteroatoms. The molecule has 0 unspecified atom stereocenters. The van der Waals surface area contributed by atoms with Gasteiger partial charge in [-0.25, -0.2) is 18.4 Å². The van der Waals surface area contributed by atoms with E-state index in [2.05, 4.69) is 25.6 Å². The van der Waals surface area contributed by atoms with Gasteiger partial charge in [-0.2, -0.15) is 18.2 Å². The van der Waals surface area contributed by atoms with Crippen molar-refractivity contribution in [2.24, 2.45) is 5.73 Å². The third kappa shape index (κ3) is 6.10. The average molecular weight is 495 g/mol.